The molecule has 0 spiro atoms. The SMILES string of the molecule is CN1CN(C)CN(Cc2ccc([N+](=O)[O-])cc2)C1. The molecule has 0 bridgehead atoms. The Labute approximate surface area is 107 Å². The Kier molecular flexibility index (Phi) is 3.90. The fraction of sp³-hybridized carbons (Fsp3) is 0.500. The van der Waals surface area contributed by atoms with Crippen LogP contribution in [0.1, 0.15) is 5.56 Å². The second-order valence-electron chi connectivity index (χ2n) is 4.89. The number of hydrogen-bond acceptors (Lipinski definition) is 5. The highest BCUT2D eigenvalue weighted by molar-refractivity contribution is 5.32. The summed E-state index contributed by atoms with van der Waals surface area (Å²) in [6.07, 6.45) is 0. The van der Waals surface area contributed by atoms with Crippen molar-refractivity contribution in [2.75, 3.05) is 34.1 Å². The smallest absolute Gasteiger partial charge is 0.269 e. The molecular weight excluding hydrogens is 232 g/mol. The average molecular weight is 250 g/mol. The first-order valence-electron chi connectivity index (χ1n) is 5.87. The molecule has 6 nitrogen and oxygen atoms in total. The molecule has 98 valence electrons. The molecule has 1 fully saturated rings. The lowest BCUT2D eigenvalue weighted by Crippen LogP contribution is -2.51. The van der Waals surface area contributed by atoms with Gasteiger partial charge in [0.15, 0.2) is 0 Å². The van der Waals surface area contributed by atoms with E-state index in [4.69, 9.17) is 0 Å². The van der Waals surface area contributed by atoms with Crippen molar-refractivity contribution in [1.82, 2.24) is 14.7 Å². The molecule has 0 amide bonds. The summed E-state index contributed by atoms with van der Waals surface area (Å²) in [5.74, 6) is 0. The van der Waals surface area contributed by atoms with Gasteiger partial charge in [0, 0.05) is 18.7 Å². The van der Waals surface area contributed by atoms with Crippen molar-refractivity contribution < 1.29 is 4.92 Å². The number of benzene rings is 1. The van der Waals surface area contributed by atoms with Gasteiger partial charge in [-0.3, -0.25) is 24.8 Å². The van der Waals surface area contributed by atoms with Crippen LogP contribution in [0.4, 0.5) is 5.69 Å². The van der Waals surface area contributed by atoms with Gasteiger partial charge in [0.05, 0.1) is 24.9 Å². The summed E-state index contributed by atoms with van der Waals surface area (Å²) in [5, 5.41) is 10.6. The molecule has 0 unspecified atom stereocenters. The summed E-state index contributed by atoms with van der Waals surface area (Å²) in [6, 6.07) is 6.78. The van der Waals surface area contributed by atoms with E-state index in [0.29, 0.717) is 0 Å². The molecule has 1 saturated heterocycles. The van der Waals surface area contributed by atoms with Gasteiger partial charge in [0.2, 0.25) is 0 Å². The van der Waals surface area contributed by atoms with Crippen LogP contribution in [0, 0.1) is 10.1 Å². The molecule has 2 rings (SSSR count). The van der Waals surface area contributed by atoms with Crippen LogP contribution in [-0.4, -0.2) is 53.7 Å². The number of nitro benzene ring substituents is 1. The van der Waals surface area contributed by atoms with Crippen LogP contribution in [0.2, 0.25) is 0 Å². The average Bonchev–Trinajstić information content (AvgIpc) is 2.28. The Hall–Kier alpha value is -1.50. The molecule has 0 N–H and O–H groups in total. The highest BCUT2D eigenvalue weighted by atomic mass is 16.6. The molecular formula is C12H18N4O2. The van der Waals surface area contributed by atoms with E-state index in [0.717, 1.165) is 32.1 Å². The van der Waals surface area contributed by atoms with Crippen LogP contribution in [0.3, 0.4) is 0 Å². The van der Waals surface area contributed by atoms with Gasteiger partial charge in [-0.05, 0) is 19.7 Å². The predicted octanol–water partition coefficient (Wildman–Crippen LogP) is 1.15. The van der Waals surface area contributed by atoms with Crippen LogP contribution >= 0.6 is 0 Å². The molecule has 1 aliphatic heterocycles. The molecule has 0 radical (unpaired) electrons. The molecule has 0 saturated carbocycles. The third-order valence-corrected chi connectivity index (χ3v) is 2.92. The molecule has 1 aromatic carbocycles. The van der Waals surface area contributed by atoms with E-state index in [1.54, 1.807) is 12.1 Å². The van der Waals surface area contributed by atoms with Crippen LogP contribution < -0.4 is 0 Å². The van der Waals surface area contributed by atoms with E-state index < -0.39 is 0 Å². The fourth-order valence-corrected chi connectivity index (χ4v) is 2.31. The van der Waals surface area contributed by atoms with E-state index in [-0.39, 0.29) is 10.6 Å². The Bertz CT molecular complexity index is 411. The summed E-state index contributed by atoms with van der Waals surface area (Å²) in [6.45, 7) is 3.62. The summed E-state index contributed by atoms with van der Waals surface area (Å²) < 4.78 is 0. The molecule has 1 aromatic rings. The third kappa shape index (κ3) is 3.25. The minimum atomic E-state index is -0.369. The van der Waals surface area contributed by atoms with Crippen molar-refractivity contribution in [3.63, 3.8) is 0 Å². The first kappa shape index (κ1) is 12.9. The Balaban J connectivity index is 1.98. The van der Waals surface area contributed by atoms with Crippen molar-refractivity contribution in [3.05, 3.63) is 39.9 Å². The lowest BCUT2D eigenvalue weighted by molar-refractivity contribution is -0.384. The zero-order chi connectivity index (χ0) is 13.1. The van der Waals surface area contributed by atoms with Gasteiger partial charge in [-0.2, -0.15) is 0 Å². The van der Waals surface area contributed by atoms with Gasteiger partial charge in [0.25, 0.3) is 5.69 Å². The first-order chi connectivity index (χ1) is 8.54. The maximum Gasteiger partial charge on any atom is 0.269 e. The summed E-state index contributed by atoms with van der Waals surface area (Å²) in [5.41, 5.74) is 1.25. The lowest BCUT2D eigenvalue weighted by atomic mass is 10.2. The highest BCUT2D eigenvalue weighted by Gasteiger charge is 2.18. The van der Waals surface area contributed by atoms with Gasteiger partial charge >= 0.3 is 0 Å². The van der Waals surface area contributed by atoms with Crippen LogP contribution in [0.15, 0.2) is 24.3 Å². The van der Waals surface area contributed by atoms with Crippen LogP contribution in [0.25, 0.3) is 0 Å². The molecule has 0 atom stereocenters. The third-order valence-electron chi connectivity index (χ3n) is 2.92. The van der Waals surface area contributed by atoms with Gasteiger partial charge in [-0.25, -0.2) is 0 Å². The zero-order valence-corrected chi connectivity index (χ0v) is 10.7. The fourth-order valence-electron chi connectivity index (χ4n) is 2.31. The maximum absolute atomic E-state index is 10.6. The summed E-state index contributed by atoms with van der Waals surface area (Å²) in [4.78, 5) is 17.0. The van der Waals surface area contributed by atoms with E-state index in [2.05, 4.69) is 28.8 Å². The van der Waals surface area contributed by atoms with E-state index >= 15 is 0 Å². The van der Waals surface area contributed by atoms with Crippen molar-refractivity contribution >= 4 is 5.69 Å². The van der Waals surface area contributed by atoms with E-state index in [1.165, 1.54) is 0 Å². The van der Waals surface area contributed by atoms with E-state index in [1.807, 2.05) is 12.1 Å². The number of rotatable bonds is 3. The minimum Gasteiger partial charge on any atom is -0.280 e. The van der Waals surface area contributed by atoms with Crippen molar-refractivity contribution in [1.29, 1.82) is 0 Å². The first-order valence-corrected chi connectivity index (χ1v) is 5.87. The predicted molar refractivity (Wildman–Crippen MR) is 68.8 cm³/mol. The summed E-state index contributed by atoms with van der Waals surface area (Å²) >= 11 is 0. The van der Waals surface area contributed by atoms with Crippen LogP contribution in [0.5, 0.6) is 0 Å². The number of nitro groups is 1. The highest BCUT2D eigenvalue weighted by Crippen LogP contribution is 2.14. The maximum atomic E-state index is 10.6. The Morgan fingerprint density at radius 2 is 1.67 bits per heavy atom. The minimum absolute atomic E-state index is 0.145. The quantitative estimate of drug-likeness (QED) is 0.595. The Morgan fingerprint density at radius 1 is 1.11 bits per heavy atom. The molecule has 6 heteroatoms. The normalized spacial score (nSPS) is 19.0. The number of non-ortho nitro benzene ring substituents is 1. The topological polar surface area (TPSA) is 52.9 Å². The molecule has 1 heterocycles. The molecule has 0 aromatic heterocycles. The van der Waals surface area contributed by atoms with Gasteiger partial charge in [-0.1, -0.05) is 12.1 Å². The largest absolute Gasteiger partial charge is 0.280 e. The van der Waals surface area contributed by atoms with Gasteiger partial charge in [-0.15, -0.1) is 0 Å². The second-order valence-corrected chi connectivity index (χ2v) is 4.89. The van der Waals surface area contributed by atoms with Crippen molar-refractivity contribution in [2.24, 2.45) is 0 Å². The van der Waals surface area contributed by atoms with Crippen LogP contribution in [-0.2, 0) is 6.54 Å². The molecule has 18 heavy (non-hydrogen) atoms. The van der Waals surface area contributed by atoms with Gasteiger partial charge in [0.1, 0.15) is 0 Å². The lowest BCUT2D eigenvalue weighted by Gasteiger charge is -2.38. The zero-order valence-electron chi connectivity index (χ0n) is 10.7. The summed E-state index contributed by atoms with van der Waals surface area (Å²) in [7, 11) is 4.16. The Morgan fingerprint density at radius 3 is 2.17 bits per heavy atom. The molecule has 0 aliphatic carbocycles. The number of hydrogen-bond donors (Lipinski definition) is 0. The van der Waals surface area contributed by atoms with Crippen molar-refractivity contribution in [3.8, 4) is 0 Å². The van der Waals surface area contributed by atoms with Gasteiger partial charge < -0.3 is 0 Å². The molecule has 1 aliphatic rings. The van der Waals surface area contributed by atoms with Crippen molar-refractivity contribution in [2.45, 2.75) is 6.54 Å². The monoisotopic (exact) mass is 250 g/mol. The number of nitrogens with zero attached hydrogens (tertiary/aromatic N) is 4. The van der Waals surface area contributed by atoms with E-state index in [9.17, 15) is 10.1 Å². The standard InChI is InChI=1S/C12H18N4O2/c1-13-8-14(2)10-15(9-13)7-11-3-5-12(6-4-11)16(17)18/h3-6H,7-10H2,1-2H3. The second kappa shape index (κ2) is 5.43.